The number of hydrogen-bond acceptors (Lipinski definition) is 4. The lowest BCUT2D eigenvalue weighted by molar-refractivity contribution is 0.784. The van der Waals surface area contributed by atoms with Gasteiger partial charge in [-0.2, -0.15) is 0 Å². The van der Waals surface area contributed by atoms with E-state index in [1.165, 1.54) is 11.8 Å². The molecule has 0 aliphatic heterocycles. The first kappa shape index (κ1) is 13.5. The molecule has 0 unspecified atom stereocenters. The Morgan fingerprint density at radius 1 is 1.47 bits per heavy atom. The number of aromatic nitrogens is 4. The third-order valence-electron chi connectivity index (χ3n) is 2.64. The third-order valence-corrected chi connectivity index (χ3v) is 3.19. The molecule has 0 aliphatic rings. The molecule has 0 N–H and O–H groups in total. The van der Waals surface area contributed by atoms with Crippen LogP contribution in [0.3, 0.4) is 0 Å². The van der Waals surface area contributed by atoms with E-state index in [9.17, 15) is 0 Å². The minimum Gasteiger partial charge on any atom is -0.231 e. The van der Waals surface area contributed by atoms with Crippen molar-refractivity contribution < 1.29 is 0 Å². The Balaban J connectivity index is 2.71. The Labute approximate surface area is 117 Å². The van der Waals surface area contributed by atoms with Gasteiger partial charge in [0.05, 0.1) is 11.9 Å². The molecule has 0 atom stereocenters. The van der Waals surface area contributed by atoms with Crippen molar-refractivity contribution in [2.75, 3.05) is 6.26 Å². The predicted octanol–water partition coefficient (Wildman–Crippen LogP) is 3.30. The Hall–Kier alpha value is -1.88. The van der Waals surface area contributed by atoms with E-state index in [-0.39, 0.29) is 0 Å². The normalized spacial score (nSPS) is 12.5. The van der Waals surface area contributed by atoms with Gasteiger partial charge in [0.1, 0.15) is 5.52 Å². The predicted molar refractivity (Wildman–Crippen MR) is 80.3 cm³/mol. The van der Waals surface area contributed by atoms with Crippen LogP contribution in [0.2, 0.25) is 0 Å². The standard InChI is InChI=1S/C14H16N4S/c1-5-7-11(8-6-2)13-16-10(3)12-9-15-14(19-4)17-18(12)13/h5-9H,1H2,2-4H3/b8-6-,11-7+. The number of fused-ring (bicyclic) bond motifs is 1. The van der Waals surface area contributed by atoms with E-state index in [2.05, 4.69) is 21.6 Å². The van der Waals surface area contributed by atoms with E-state index >= 15 is 0 Å². The van der Waals surface area contributed by atoms with E-state index in [0.717, 1.165) is 27.8 Å². The second kappa shape index (κ2) is 5.84. The summed E-state index contributed by atoms with van der Waals surface area (Å²) in [7, 11) is 0. The van der Waals surface area contributed by atoms with Crippen LogP contribution in [0.1, 0.15) is 18.4 Å². The van der Waals surface area contributed by atoms with Crippen molar-refractivity contribution in [1.29, 1.82) is 0 Å². The Kier molecular flexibility index (Phi) is 4.16. The van der Waals surface area contributed by atoms with Crippen molar-refractivity contribution in [3.05, 3.63) is 48.6 Å². The fourth-order valence-corrected chi connectivity index (χ4v) is 2.12. The number of allylic oxidation sites excluding steroid dienone is 5. The maximum atomic E-state index is 4.59. The number of rotatable bonds is 4. The molecule has 5 heteroatoms. The van der Waals surface area contributed by atoms with Crippen LogP contribution in [-0.2, 0) is 0 Å². The third kappa shape index (κ3) is 2.61. The highest BCUT2D eigenvalue weighted by atomic mass is 32.2. The number of thioether (sulfide) groups is 1. The lowest BCUT2D eigenvalue weighted by atomic mass is 10.2. The average molecular weight is 272 g/mol. The second-order valence-electron chi connectivity index (χ2n) is 3.92. The Morgan fingerprint density at radius 3 is 2.89 bits per heavy atom. The van der Waals surface area contributed by atoms with Crippen LogP contribution in [0.4, 0.5) is 0 Å². The molecule has 0 bridgehead atoms. The van der Waals surface area contributed by atoms with Crippen LogP contribution >= 0.6 is 11.8 Å². The van der Waals surface area contributed by atoms with Crippen LogP contribution in [0.5, 0.6) is 0 Å². The molecule has 0 amide bonds. The fourth-order valence-electron chi connectivity index (χ4n) is 1.80. The summed E-state index contributed by atoms with van der Waals surface area (Å²) in [6.45, 7) is 7.68. The van der Waals surface area contributed by atoms with E-state index in [0.29, 0.717) is 0 Å². The minimum absolute atomic E-state index is 0.726. The Bertz CT molecular complexity index is 667. The summed E-state index contributed by atoms with van der Waals surface area (Å²) >= 11 is 1.51. The number of nitrogens with zero attached hydrogens (tertiary/aromatic N) is 4. The minimum atomic E-state index is 0.726. The molecule has 0 saturated carbocycles. The quantitative estimate of drug-likeness (QED) is 0.632. The highest BCUT2D eigenvalue weighted by molar-refractivity contribution is 7.98. The zero-order valence-corrected chi connectivity index (χ0v) is 12.1. The van der Waals surface area contributed by atoms with Gasteiger partial charge in [0, 0.05) is 5.57 Å². The summed E-state index contributed by atoms with van der Waals surface area (Å²) in [5.41, 5.74) is 2.82. The number of hydrogen-bond donors (Lipinski definition) is 0. The zero-order chi connectivity index (χ0) is 13.8. The number of imidazole rings is 1. The smallest absolute Gasteiger partial charge is 0.207 e. The molecule has 98 valence electrons. The van der Waals surface area contributed by atoms with Gasteiger partial charge in [-0.25, -0.2) is 14.5 Å². The maximum Gasteiger partial charge on any atom is 0.207 e. The second-order valence-corrected chi connectivity index (χ2v) is 4.69. The van der Waals surface area contributed by atoms with Gasteiger partial charge in [0.25, 0.3) is 0 Å². The molecule has 0 aromatic carbocycles. The van der Waals surface area contributed by atoms with Crippen molar-refractivity contribution in [1.82, 2.24) is 19.6 Å². The molecule has 2 heterocycles. The molecule has 0 spiro atoms. The van der Waals surface area contributed by atoms with Crippen LogP contribution in [0.25, 0.3) is 11.1 Å². The van der Waals surface area contributed by atoms with Gasteiger partial charge in [-0.1, -0.05) is 42.6 Å². The summed E-state index contributed by atoms with van der Waals surface area (Å²) in [5, 5.41) is 5.22. The van der Waals surface area contributed by atoms with Crippen molar-refractivity contribution in [3.63, 3.8) is 0 Å². The van der Waals surface area contributed by atoms with Crippen molar-refractivity contribution in [2.45, 2.75) is 19.0 Å². The first-order chi connectivity index (χ1) is 9.21. The lowest BCUT2D eigenvalue weighted by Gasteiger charge is -2.02. The van der Waals surface area contributed by atoms with E-state index < -0.39 is 0 Å². The molecule has 0 radical (unpaired) electrons. The SMILES string of the molecule is C=C/C=C(\C=C/C)c1nc(C)c2cnc(SC)nn12. The molecular formula is C14H16N4S. The number of aryl methyl sites for hydroxylation is 1. The van der Waals surface area contributed by atoms with Gasteiger partial charge >= 0.3 is 0 Å². The maximum absolute atomic E-state index is 4.59. The van der Waals surface area contributed by atoms with E-state index in [1.54, 1.807) is 6.08 Å². The van der Waals surface area contributed by atoms with E-state index in [4.69, 9.17) is 0 Å². The van der Waals surface area contributed by atoms with Gasteiger partial charge in [-0.3, -0.25) is 0 Å². The van der Waals surface area contributed by atoms with Crippen LogP contribution in [0, 0.1) is 6.92 Å². The van der Waals surface area contributed by atoms with Crippen molar-refractivity contribution in [2.24, 2.45) is 0 Å². The Morgan fingerprint density at radius 2 is 2.26 bits per heavy atom. The molecule has 0 fully saturated rings. The van der Waals surface area contributed by atoms with Gasteiger partial charge in [-0.15, -0.1) is 5.10 Å². The summed E-state index contributed by atoms with van der Waals surface area (Å²) in [4.78, 5) is 8.87. The molecule has 2 aromatic heterocycles. The zero-order valence-electron chi connectivity index (χ0n) is 11.3. The van der Waals surface area contributed by atoms with Gasteiger partial charge in [0.15, 0.2) is 5.82 Å². The van der Waals surface area contributed by atoms with Gasteiger partial charge in [0.2, 0.25) is 5.16 Å². The molecule has 2 rings (SSSR count). The first-order valence-corrected chi connectivity index (χ1v) is 7.16. The van der Waals surface area contributed by atoms with E-state index in [1.807, 2.05) is 49.0 Å². The average Bonchev–Trinajstić information content (AvgIpc) is 2.75. The van der Waals surface area contributed by atoms with Crippen molar-refractivity contribution >= 4 is 22.9 Å². The van der Waals surface area contributed by atoms with Crippen LogP contribution < -0.4 is 0 Å². The van der Waals surface area contributed by atoms with Crippen LogP contribution in [0.15, 0.2) is 42.2 Å². The fraction of sp³-hybridized carbons (Fsp3) is 0.214. The molecule has 4 nitrogen and oxygen atoms in total. The largest absolute Gasteiger partial charge is 0.231 e. The topological polar surface area (TPSA) is 43.1 Å². The summed E-state index contributed by atoms with van der Waals surface area (Å²) in [5.74, 6) is 0.809. The first-order valence-electron chi connectivity index (χ1n) is 5.93. The summed E-state index contributed by atoms with van der Waals surface area (Å²) in [6.07, 6.45) is 11.4. The van der Waals surface area contributed by atoms with Gasteiger partial charge in [-0.05, 0) is 20.1 Å². The molecule has 19 heavy (non-hydrogen) atoms. The molecular weight excluding hydrogens is 256 g/mol. The summed E-state index contributed by atoms with van der Waals surface area (Å²) in [6, 6.07) is 0. The highest BCUT2D eigenvalue weighted by Crippen LogP contribution is 2.20. The molecule has 0 saturated heterocycles. The van der Waals surface area contributed by atoms with Gasteiger partial charge < -0.3 is 0 Å². The van der Waals surface area contributed by atoms with Crippen LogP contribution in [-0.4, -0.2) is 25.8 Å². The van der Waals surface area contributed by atoms with Crippen molar-refractivity contribution in [3.8, 4) is 0 Å². The lowest BCUT2D eigenvalue weighted by Crippen LogP contribution is -2.00. The monoisotopic (exact) mass is 272 g/mol. The molecule has 0 aliphatic carbocycles. The highest BCUT2D eigenvalue weighted by Gasteiger charge is 2.12. The summed E-state index contributed by atoms with van der Waals surface area (Å²) < 4.78 is 1.84. The molecule has 2 aromatic rings.